The van der Waals surface area contributed by atoms with Gasteiger partial charge in [-0.2, -0.15) is 0 Å². The van der Waals surface area contributed by atoms with Crippen LogP contribution in [0.4, 0.5) is 0 Å². The molecule has 5 nitrogen and oxygen atoms in total. The van der Waals surface area contributed by atoms with Crippen LogP contribution in [0.5, 0.6) is 5.75 Å². The summed E-state index contributed by atoms with van der Waals surface area (Å²) in [5.74, 6) is 0.834. The van der Waals surface area contributed by atoms with Gasteiger partial charge in [0.15, 0.2) is 0 Å². The van der Waals surface area contributed by atoms with Gasteiger partial charge in [-0.1, -0.05) is 31.0 Å². The average Bonchev–Trinajstić information content (AvgIpc) is 2.90. The first-order valence-electron chi connectivity index (χ1n) is 9.74. The number of β-amino-alcohol motifs (C(OH)–C–C–N with tert-alkyl or cyclic N) is 1. The molecule has 0 spiro atoms. The lowest BCUT2D eigenvalue weighted by Crippen LogP contribution is -2.54. The van der Waals surface area contributed by atoms with Crippen molar-refractivity contribution in [2.24, 2.45) is 0 Å². The molecule has 5 heteroatoms. The molecule has 2 aliphatic rings. The van der Waals surface area contributed by atoms with E-state index in [2.05, 4.69) is 15.9 Å². The van der Waals surface area contributed by atoms with Gasteiger partial charge >= 0.3 is 0 Å². The van der Waals surface area contributed by atoms with Crippen LogP contribution in [0, 0.1) is 0 Å². The van der Waals surface area contributed by atoms with Gasteiger partial charge in [-0.25, -0.2) is 0 Å². The number of hydrogen-bond acceptors (Lipinski definition) is 5. The molecule has 3 rings (SSSR count). The summed E-state index contributed by atoms with van der Waals surface area (Å²) in [6.07, 6.45) is 5.94. The summed E-state index contributed by atoms with van der Waals surface area (Å²) in [5, 5.41) is 19.7. The number of benzene rings is 1. The first kappa shape index (κ1) is 18.6. The highest BCUT2D eigenvalue weighted by atomic mass is 16.5. The van der Waals surface area contributed by atoms with Crippen molar-refractivity contribution in [1.82, 2.24) is 9.80 Å². The van der Waals surface area contributed by atoms with E-state index in [4.69, 9.17) is 9.84 Å². The topological polar surface area (TPSA) is 56.2 Å². The smallest absolute Gasteiger partial charge is 0.123 e. The summed E-state index contributed by atoms with van der Waals surface area (Å²) in [4.78, 5) is 4.84. The number of para-hydroxylation sites is 1. The first-order valence-corrected chi connectivity index (χ1v) is 9.74. The van der Waals surface area contributed by atoms with Crippen LogP contribution in [-0.2, 0) is 6.54 Å². The van der Waals surface area contributed by atoms with Gasteiger partial charge in [-0.15, -0.1) is 0 Å². The fraction of sp³-hybridized carbons (Fsp3) is 0.700. The Morgan fingerprint density at radius 1 is 1.04 bits per heavy atom. The van der Waals surface area contributed by atoms with E-state index in [9.17, 15) is 5.11 Å². The SMILES string of the molecule is OCCOc1ccccc1CN1CC[C@@H](N2CCCCCC2)[C@H](O)C1. The predicted octanol–water partition coefficient (Wildman–Crippen LogP) is 1.87. The van der Waals surface area contributed by atoms with Gasteiger partial charge in [0.1, 0.15) is 12.4 Å². The number of aliphatic hydroxyl groups excluding tert-OH is 2. The summed E-state index contributed by atoms with van der Waals surface area (Å²) < 4.78 is 5.64. The highest BCUT2D eigenvalue weighted by Crippen LogP contribution is 2.25. The molecule has 2 fully saturated rings. The number of rotatable bonds is 6. The Hall–Kier alpha value is -1.14. The number of ether oxygens (including phenoxy) is 1. The van der Waals surface area contributed by atoms with Crippen LogP contribution in [0.3, 0.4) is 0 Å². The molecule has 1 aromatic carbocycles. The number of hydrogen-bond donors (Lipinski definition) is 2. The molecule has 140 valence electrons. The Bertz CT molecular complexity index is 517. The third-order valence-electron chi connectivity index (χ3n) is 5.46. The minimum Gasteiger partial charge on any atom is -0.491 e. The Morgan fingerprint density at radius 2 is 1.80 bits per heavy atom. The molecule has 2 atom stereocenters. The van der Waals surface area contributed by atoms with E-state index in [0.29, 0.717) is 12.6 Å². The molecule has 0 bridgehead atoms. The van der Waals surface area contributed by atoms with Gasteiger partial charge in [-0.05, 0) is 38.4 Å². The number of likely N-dealkylation sites (tertiary alicyclic amines) is 2. The van der Waals surface area contributed by atoms with Crippen LogP contribution in [0.2, 0.25) is 0 Å². The second-order valence-electron chi connectivity index (χ2n) is 7.29. The van der Waals surface area contributed by atoms with Crippen LogP contribution in [0.1, 0.15) is 37.7 Å². The van der Waals surface area contributed by atoms with Crippen molar-refractivity contribution in [3.63, 3.8) is 0 Å². The molecule has 0 radical (unpaired) electrons. The highest BCUT2D eigenvalue weighted by molar-refractivity contribution is 5.33. The van der Waals surface area contributed by atoms with E-state index in [1.807, 2.05) is 18.2 Å². The minimum atomic E-state index is -0.280. The van der Waals surface area contributed by atoms with E-state index in [1.54, 1.807) is 0 Å². The standard InChI is InChI=1S/C20H32N2O3/c23-13-14-25-20-8-4-3-7-17(20)15-21-12-9-18(19(24)16-21)22-10-5-1-2-6-11-22/h3-4,7-8,18-19,23-24H,1-2,5-6,9-16H2/t18-,19-/m1/s1. The Labute approximate surface area is 151 Å². The molecule has 2 heterocycles. The maximum Gasteiger partial charge on any atom is 0.123 e. The molecule has 0 aromatic heterocycles. The third kappa shape index (κ3) is 5.17. The molecule has 2 saturated heterocycles. The molecule has 0 unspecified atom stereocenters. The van der Waals surface area contributed by atoms with Crippen molar-refractivity contribution in [3.8, 4) is 5.75 Å². The molecule has 0 saturated carbocycles. The largest absolute Gasteiger partial charge is 0.491 e. The second kappa shape index (κ2) is 9.53. The fourth-order valence-corrected chi connectivity index (χ4v) is 4.15. The van der Waals surface area contributed by atoms with Gasteiger partial charge < -0.3 is 14.9 Å². The lowest BCUT2D eigenvalue weighted by Gasteiger charge is -2.41. The summed E-state index contributed by atoms with van der Waals surface area (Å²) in [6, 6.07) is 8.30. The zero-order chi connectivity index (χ0) is 17.5. The lowest BCUT2D eigenvalue weighted by atomic mass is 9.99. The highest BCUT2D eigenvalue weighted by Gasteiger charge is 2.32. The van der Waals surface area contributed by atoms with Crippen LogP contribution in [0.25, 0.3) is 0 Å². The molecule has 1 aromatic rings. The van der Waals surface area contributed by atoms with Crippen molar-refractivity contribution < 1.29 is 14.9 Å². The fourth-order valence-electron chi connectivity index (χ4n) is 4.15. The van der Waals surface area contributed by atoms with Gasteiger partial charge in [0.25, 0.3) is 0 Å². The van der Waals surface area contributed by atoms with Crippen LogP contribution in [0.15, 0.2) is 24.3 Å². The maximum atomic E-state index is 10.7. The molecule has 25 heavy (non-hydrogen) atoms. The van der Waals surface area contributed by atoms with Crippen molar-refractivity contribution in [2.75, 3.05) is 39.4 Å². The van der Waals surface area contributed by atoms with E-state index in [-0.39, 0.29) is 12.7 Å². The summed E-state index contributed by atoms with van der Waals surface area (Å²) >= 11 is 0. The maximum absolute atomic E-state index is 10.7. The van der Waals surface area contributed by atoms with Gasteiger partial charge in [0.05, 0.1) is 12.7 Å². The van der Waals surface area contributed by atoms with Crippen LogP contribution in [-0.4, -0.2) is 71.6 Å². The summed E-state index contributed by atoms with van der Waals surface area (Å²) in [5.41, 5.74) is 1.12. The van der Waals surface area contributed by atoms with E-state index in [0.717, 1.165) is 50.5 Å². The van der Waals surface area contributed by atoms with E-state index >= 15 is 0 Å². The van der Waals surface area contributed by atoms with Crippen molar-refractivity contribution in [3.05, 3.63) is 29.8 Å². The monoisotopic (exact) mass is 348 g/mol. The summed E-state index contributed by atoms with van der Waals surface area (Å²) in [7, 11) is 0. The predicted molar refractivity (Wildman–Crippen MR) is 98.8 cm³/mol. The van der Waals surface area contributed by atoms with Gasteiger partial charge in [0.2, 0.25) is 0 Å². The quantitative estimate of drug-likeness (QED) is 0.822. The zero-order valence-corrected chi connectivity index (χ0v) is 15.1. The third-order valence-corrected chi connectivity index (χ3v) is 5.46. The Kier molecular flexibility index (Phi) is 7.11. The second-order valence-corrected chi connectivity index (χ2v) is 7.29. The molecule has 2 aliphatic heterocycles. The molecule has 2 N–H and O–H groups in total. The van der Waals surface area contributed by atoms with Crippen molar-refractivity contribution in [1.29, 1.82) is 0 Å². The Balaban J connectivity index is 1.56. The number of nitrogens with zero attached hydrogens (tertiary/aromatic N) is 2. The average molecular weight is 348 g/mol. The minimum absolute atomic E-state index is 0.0221. The summed E-state index contributed by atoms with van der Waals surface area (Å²) in [6.45, 7) is 5.12. The normalized spacial score (nSPS) is 26.3. The van der Waals surface area contributed by atoms with E-state index in [1.165, 1.54) is 25.7 Å². The number of aliphatic hydroxyl groups is 2. The van der Waals surface area contributed by atoms with Crippen LogP contribution < -0.4 is 4.74 Å². The van der Waals surface area contributed by atoms with Crippen LogP contribution >= 0.6 is 0 Å². The Morgan fingerprint density at radius 3 is 2.52 bits per heavy atom. The zero-order valence-electron chi connectivity index (χ0n) is 15.1. The van der Waals surface area contributed by atoms with Crippen molar-refractivity contribution >= 4 is 0 Å². The van der Waals surface area contributed by atoms with E-state index < -0.39 is 0 Å². The van der Waals surface area contributed by atoms with Gasteiger partial charge in [-0.3, -0.25) is 9.80 Å². The van der Waals surface area contributed by atoms with Crippen molar-refractivity contribution in [2.45, 2.75) is 50.8 Å². The lowest BCUT2D eigenvalue weighted by molar-refractivity contribution is -0.0146. The molecule has 0 amide bonds. The molecular weight excluding hydrogens is 316 g/mol. The molecule has 0 aliphatic carbocycles. The molecular formula is C20H32N2O3. The number of piperidine rings is 1. The van der Waals surface area contributed by atoms with Gasteiger partial charge in [0, 0.05) is 31.2 Å². The first-order chi connectivity index (χ1) is 12.3.